The SMILES string of the molecule is Cn1c(-c2ccc(CN)cn2)cc2ccccc21. The lowest BCUT2D eigenvalue weighted by Gasteiger charge is -2.04. The number of aryl methyl sites for hydroxylation is 1. The monoisotopic (exact) mass is 237 g/mol. The average molecular weight is 237 g/mol. The van der Waals surface area contributed by atoms with Crippen LogP contribution in [0.1, 0.15) is 5.56 Å². The third kappa shape index (κ3) is 1.69. The van der Waals surface area contributed by atoms with Gasteiger partial charge in [0.05, 0.1) is 11.4 Å². The van der Waals surface area contributed by atoms with Gasteiger partial charge in [-0.05, 0) is 23.8 Å². The van der Waals surface area contributed by atoms with Gasteiger partial charge in [0.2, 0.25) is 0 Å². The van der Waals surface area contributed by atoms with E-state index in [0.29, 0.717) is 6.54 Å². The van der Waals surface area contributed by atoms with Crippen LogP contribution in [-0.2, 0) is 13.6 Å². The maximum atomic E-state index is 5.58. The van der Waals surface area contributed by atoms with Crippen molar-refractivity contribution in [3.8, 4) is 11.4 Å². The number of pyridine rings is 1. The summed E-state index contributed by atoms with van der Waals surface area (Å²) in [5, 5.41) is 1.24. The van der Waals surface area contributed by atoms with Crippen molar-refractivity contribution in [2.75, 3.05) is 0 Å². The van der Waals surface area contributed by atoms with Crippen molar-refractivity contribution >= 4 is 10.9 Å². The van der Waals surface area contributed by atoms with Crippen LogP contribution in [-0.4, -0.2) is 9.55 Å². The fraction of sp³-hybridized carbons (Fsp3) is 0.133. The van der Waals surface area contributed by atoms with Crippen molar-refractivity contribution in [2.45, 2.75) is 6.54 Å². The molecule has 0 aliphatic rings. The first kappa shape index (κ1) is 11.0. The first-order valence-corrected chi connectivity index (χ1v) is 5.99. The number of hydrogen-bond donors (Lipinski definition) is 1. The molecule has 1 aromatic carbocycles. The Balaban J connectivity index is 2.15. The molecule has 0 unspecified atom stereocenters. The van der Waals surface area contributed by atoms with Crippen LogP contribution >= 0.6 is 0 Å². The van der Waals surface area contributed by atoms with E-state index >= 15 is 0 Å². The van der Waals surface area contributed by atoms with Crippen molar-refractivity contribution in [2.24, 2.45) is 12.8 Å². The van der Waals surface area contributed by atoms with Gasteiger partial charge in [-0.3, -0.25) is 4.98 Å². The first-order valence-electron chi connectivity index (χ1n) is 5.99. The van der Waals surface area contributed by atoms with Crippen LogP contribution in [0.3, 0.4) is 0 Å². The summed E-state index contributed by atoms with van der Waals surface area (Å²) in [5.74, 6) is 0. The van der Waals surface area contributed by atoms with Gasteiger partial charge in [0.25, 0.3) is 0 Å². The topological polar surface area (TPSA) is 43.8 Å². The lowest BCUT2D eigenvalue weighted by atomic mass is 10.2. The number of para-hydroxylation sites is 1. The first-order chi connectivity index (χ1) is 8.79. The molecule has 3 nitrogen and oxygen atoms in total. The maximum absolute atomic E-state index is 5.58. The molecule has 2 heterocycles. The summed E-state index contributed by atoms with van der Waals surface area (Å²) in [4.78, 5) is 4.48. The molecule has 0 fully saturated rings. The third-order valence-corrected chi connectivity index (χ3v) is 3.27. The lowest BCUT2D eigenvalue weighted by Crippen LogP contribution is -1.98. The highest BCUT2D eigenvalue weighted by atomic mass is 15.0. The van der Waals surface area contributed by atoms with Gasteiger partial charge in [-0.1, -0.05) is 24.3 Å². The molecule has 0 aliphatic carbocycles. The van der Waals surface area contributed by atoms with Gasteiger partial charge < -0.3 is 10.3 Å². The van der Waals surface area contributed by atoms with E-state index in [1.54, 1.807) is 0 Å². The molecule has 0 saturated carbocycles. The summed E-state index contributed by atoms with van der Waals surface area (Å²) < 4.78 is 2.17. The molecular weight excluding hydrogens is 222 g/mol. The molecule has 0 spiro atoms. The number of benzene rings is 1. The van der Waals surface area contributed by atoms with Crippen molar-refractivity contribution in [1.82, 2.24) is 9.55 Å². The van der Waals surface area contributed by atoms with E-state index < -0.39 is 0 Å². The average Bonchev–Trinajstić information content (AvgIpc) is 2.77. The normalized spacial score (nSPS) is 11.0. The number of nitrogens with two attached hydrogens (primary N) is 1. The third-order valence-electron chi connectivity index (χ3n) is 3.27. The predicted molar refractivity (Wildman–Crippen MR) is 74.0 cm³/mol. The number of aromatic nitrogens is 2. The van der Waals surface area contributed by atoms with Gasteiger partial charge in [0.1, 0.15) is 0 Å². The molecule has 0 bridgehead atoms. The Labute approximate surface area is 106 Å². The zero-order valence-electron chi connectivity index (χ0n) is 10.3. The van der Waals surface area contributed by atoms with Crippen LogP contribution in [0.5, 0.6) is 0 Å². The van der Waals surface area contributed by atoms with Crippen molar-refractivity contribution in [3.63, 3.8) is 0 Å². The molecule has 3 heteroatoms. The Hall–Kier alpha value is -2.13. The zero-order chi connectivity index (χ0) is 12.5. The fourth-order valence-corrected chi connectivity index (χ4v) is 2.23. The molecule has 0 atom stereocenters. The lowest BCUT2D eigenvalue weighted by molar-refractivity contribution is 0.966. The Kier molecular flexibility index (Phi) is 2.61. The zero-order valence-corrected chi connectivity index (χ0v) is 10.3. The van der Waals surface area contributed by atoms with Crippen LogP contribution in [0.15, 0.2) is 48.7 Å². The molecule has 0 aliphatic heterocycles. The molecule has 3 rings (SSSR count). The van der Waals surface area contributed by atoms with Crippen LogP contribution in [0, 0.1) is 0 Å². The second-order valence-electron chi connectivity index (χ2n) is 4.40. The minimum Gasteiger partial charge on any atom is -0.342 e. The van der Waals surface area contributed by atoms with Gasteiger partial charge in [-0.25, -0.2) is 0 Å². The summed E-state index contributed by atoms with van der Waals surface area (Å²) in [7, 11) is 2.07. The fourth-order valence-electron chi connectivity index (χ4n) is 2.23. The molecule has 2 aromatic heterocycles. The summed E-state index contributed by atoms with van der Waals surface area (Å²) in [5.41, 5.74) is 9.96. The molecule has 2 N–H and O–H groups in total. The second kappa shape index (κ2) is 4.27. The molecule has 0 radical (unpaired) electrons. The van der Waals surface area contributed by atoms with E-state index in [2.05, 4.69) is 46.9 Å². The van der Waals surface area contributed by atoms with Crippen molar-refractivity contribution in [1.29, 1.82) is 0 Å². The highest BCUT2D eigenvalue weighted by Crippen LogP contribution is 2.25. The summed E-state index contributed by atoms with van der Waals surface area (Å²) >= 11 is 0. The van der Waals surface area contributed by atoms with E-state index in [1.165, 1.54) is 10.9 Å². The minimum absolute atomic E-state index is 0.530. The van der Waals surface area contributed by atoms with Gasteiger partial charge in [0.15, 0.2) is 0 Å². The Bertz CT molecular complexity index is 681. The number of hydrogen-bond acceptors (Lipinski definition) is 2. The van der Waals surface area contributed by atoms with Gasteiger partial charge in [0, 0.05) is 30.7 Å². The predicted octanol–water partition coefficient (Wildman–Crippen LogP) is 2.70. The molecule has 0 saturated heterocycles. The van der Waals surface area contributed by atoms with Gasteiger partial charge in [-0.15, -0.1) is 0 Å². The highest BCUT2D eigenvalue weighted by molar-refractivity contribution is 5.86. The highest BCUT2D eigenvalue weighted by Gasteiger charge is 2.08. The van der Waals surface area contributed by atoms with Gasteiger partial charge in [-0.2, -0.15) is 0 Å². The maximum Gasteiger partial charge on any atom is 0.0866 e. The van der Waals surface area contributed by atoms with Gasteiger partial charge >= 0.3 is 0 Å². The molecular formula is C15H15N3. The quantitative estimate of drug-likeness (QED) is 0.744. The van der Waals surface area contributed by atoms with Crippen molar-refractivity contribution in [3.05, 3.63) is 54.2 Å². The number of fused-ring (bicyclic) bond motifs is 1. The van der Waals surface area contributed by atoms with E-state index in [1.807, 2.05) is 18.3 Å². The molecule has 90 valence electrons. The number of rotatable bonds is 2. The van der Waals surface area contributed by atoms with Crippen LogP contribution in [0.4, 0.5) is 0 Å². The van der Waals surface area contributed by atoms with E-state index in [9.17, 15) is 0 Å². The minimum atomic E-state index is 0.530. The van der Waals surface area contributed by atoms with E-state index in [4.69, 9.17) is 5.73 Å². The smallest absolute Gasteiger partial charge is 0.0866 e. The van der Waals surface area contributed by atoms with E-state index in [-0.39, 0.29) is 0 Å². The largest absolute Gasteiger partial charge is 0.342 e. The van der Waals surface area contributed by atoms with Crippen LogP contribution < -0.4 is 5.73 Å². The molecule has 18 heavy (non-hydrogen) atoms. The Morgan fingerprint density at radius 3 is 2.67 bits per heavy atom. The molecule has 0 amide bonds. The molecule has 3 aromatic rings. The van der Waals surface area contributed by atoms with Crippen molar-refractivity contribution < 1.29 is 0 Å². The van der Waals surface area contributed by atoms with Crippen LogP contribution in [0.2, 0.25) is 0 Å². The number of nitrogens with zero attached hydrogens (tertiary/aromatic N) is 2. The summed E-state index contributed by atoms with van der Waals surface area (Å²) in [6, 6.07) is 14.6. The summed E-state index contributed by atoms with van der Waals surface area (Å²) in [6.45, 7) is 0.530. The van der Waals surface area contributed by atoms with Crippen LogP contribution in [0.25, 0.3) is 22.3 Å². The Morgan fingerprint density at radius 2 is 2.00 bits per heavy atom. The van der Waals surface area contributed by atoms with E-state index in [0.717, 1.165) is 17.0 Å². The summed E-state index contributed by atoms with van der Waals surface area (Å²) in [6.07, 6.45) is 1.84. The second-order valence-corrected chi connectivity index (χ2v) is 4.40. The Morgan fingerprint density at radius 1 is 1.17 bits per heavy atom. The standard InChI is InChI=1S/C15H15N3/c1-18-14-5-3-2-4-12(14)8-15(18)13-7-6-11(9-16)10-17-13/h2-8,10H,9,16H2,1H3.